The van der Waals surface area contributed by atoms with Crippen LogP contribution in [0, 0.1) is 0 Å². The Balaban J connectivity index is 3.30. The van der Waals surface area contributed by atoms with Crippen molar-refractivity contribution in [2.24, 2.45) is 0 Å². The van der Waals surface area contributed by atoms with Gasteiger partial charge in [0, 0.05) is 10.2 Å². The van der Waals surface area contributed by atoms with Gasteiger partial charge < -0.3 is 5.32 Å². The van der Waals surface area contributed by atoms with Crippen LogP contribution in [0.2, 0.25) is 0 Å². The Kier molecular flexibility index (Phi) is 6.13. The summed E-state index contributed by atoms with van der Waals surface area (Å²) in [5, 5.41) is 1.09. The summed E-state index contributed by atoms with van der Waals surface area (Å²) in [4.78, 5) is 11.4. The Morgan fingerprint density at radius 3 is 1.81 bits per heavy atom. The molecule has 1 N–H and O–H groups in total. The molecular formula is C12H5BrF11NO2. The number of ether oxygens (including phenoxy) is 1. The number of alkyl halides is 11. The largest absolute Gasteiger partial charge is 0.462 e. The van der Waals surface area contributed by atoms with E-state index in [-0.39, 0.29) is 4.47 Å². The molecule has 0 spiro atoms. The zero-order chi connectivity index (χ0) is 21.5. The molecule has 0 aromatic heterocycles. The number of hydrogen-bond donors (Lipinski definition) is 1. The summed E-state index contributed by atoms with van der Waals surface area (Å²) >= 11 is 2.80. The van der Waals surface area contributed by atoms with Gasteiger partial charge in [-0.15, -0.1) is 0 Å². The predicted molar refractivity (Wildman–Crippen MR) is 69.7 cm³/mol. The van der Waals surface area contributed by atoms with Gasteiger partial charge in [0.1, 0.15) is 0 Å². The molecule has 0 fully saturated rings. The van der Waals surface area contributed by atoms with Gasteiger partial charge in [0.25, 0.3) is 5.91 Å². The number of halogens is 12. The van der Waals surface area contributed by atoms with Gasteiger partial charge in [-0.2, -0.15) is 48.3 Å². The van der Waals surface area contributed by atoms with Gasteiger partial charge in [0.05, 0.1) is 0 Å². The van der Waals surface area contributed by atoms with Crippen molar-refractivity contribution in [3.05, 3.63) is 28.7 Å². The van der Waals surface area contributed by atoms with E-state index < -0.39 is 41.8 Å². The first kappa shape index (κ1) is 23.4. The maximum absolute atomic E-state index is 13.9. The molecule has 0 saturated heterocycles. The molecule has 1 aromatic carbocycles. The summed E-state index contributed by atoms with van der Waals surface area (Å²) in [6.45, 7) is 0. The summed E-state index contributed by atoms with van der Waals surface area (Å²) in [6.07, 6.45) is -20.9. The van der Waals surface area contributed by atoms with Gasteiger partial charge in [0.15, 0.2) is 0 Å². The number of carbonyl (C=O) groups excluding carboxylic acids is 1. The van der Waals surface area contributed by atoms with Gasteiger partial charge in [-0.05, 0) is 18.2 Å². The molecule has 0 unspecified atom stereocenters. The molecule has 0 aliphatic carbocycles. The van der Waals surface area contributed by atoms with E-state index in [0.717, 1.165) is 23.5 Å². The molecule has 0 aliphatic heterocycles. The number of benzene rings is 1. The number of rotatable bonds is 5. The van der Waals surface area contributed by atoms with Gasteiger partial charge in [0.2, 0.25) is 0 Å². The Morgan fingerprint density at radius 1 is 0.889 bits per heavy atom. The van der Waals surface area contributed by atoms with Crippen LogP contribution >= 0.6 is 15.9 Å². The molecule has 0 radical (unpaired) electrons. The standard InChI is InChI=1S/C12H5BrF11NO2/c13-5-2-1-3-6(4-5)25-7(26)8(14,10(17,18)19)27-12(23,24)9(15,16)11(20,21)22/h1-4H,(H,25,26)/t8-/m1/s1. The second-order valence-electron chi connectivity index (χ2n) is 4.75. The van der Waals surface area contributed by atoms with Crippen molar-refractivity contribution < 1.29 is 57.8 Å². The zero-order valence-electron chi connectivity index (χ0n) is 12.2. The highest BCUT2D eigenvalue weighted by Gasteiger charge is 2.79. The topological polar surface area (TPSA) is 38.3 Å². The summed E-state index contributed by atoms with van der Waals surface area (Å²) in [5.74, 6) is -16.6. The molecule has 1 atom stereocenters. The van der Waals surface area contributed by atoms with Crippen molar-refractivity contribution >= 4 is 27.5 Å². The first-order valence-corrected chi connectivity index (χ1v) is 6.99. The van der Waals surface area contributed by atoms with Gasteiger partial charge in [-0.1, -0.05) is 22.0 Å². The minimum atomic E-state index is -7.24. The maximum atomic E-state index is 13.9. The number of carbonyl (C=O) groups is 1. The third-order valence-corrected chi connectivity index (χ3v) is 3.22. The molecule has 1 aromatic rings. The molecule has 3 nitrogen and oxygen atoms in total. The summed E-state index contributed by atoms with van der Waals surface area (Å²) in [6, 6.07) is 4.04. The first-order valence-electron chi connectivity index (χ1n) is 6.20. The van der Waals surface area contributed by atoms with Crippen molar-refractivity contribution in [2.75, 3.05) is 5.32 Å². The monoisotopic (exact) mass is 483 g/mol. The van der Waals surface area contributed by atoms with E-state index in [4.69, 9.17) is 0 Å². The predicted octanol–water partition coefficient (Wildman–Crippen LogP) is 5.42. The lowest BCUT2D eigenvalue weighted by atomic mass is 10.2. The fourth-order valence-corrected chi connectivity index (χ4v) is 1.82. The lowest BCUT2D eigenvalue weighted by Gasteiger charge is -2.34. The van der Waals surface area contributed by atoms with Crippen LogP contribution in [0.4, 0.5) is 54.0 Å². The second-order valence-corrected chi connectivity index (χ2v) is 5.66. The lowest BCUT2D eigenvalue weighted by molar-refractivity contribution is -0.472. The number of hydrogen-bond acceptors (Lipinski definition) is 2. The third kappa shape index (κ3) is 4.62. The summed E-state index contributed by atoms with van der Waals surface area (Å²) in [7, 11) is 0. The van der Waals surface area contributed by atoms with Gasteiger partial charge >= 0.3 is 30.2 Å². The van der Waals surface area contributed by atoms with E-state index in [1.807, 2.05) is 0 Å². The molecule has 1 rings (SSSR count). The summed E-state index contributed by atoms with van der Waals surface area (Å²) in [5.41, 5.74) is -0.643. The van der Waals surface area contributed by atoms with Crippen LogP contribution in [0.25, 0.3) is 0 Å². The van der Waals surface area contributed by atoms with Crippen LogP contribution < -0.4 is 5.32 Å². The Morgan fingerprint density at radius 2 is 1.41 bits per heavy atom. The highest BCUT2D eigenvalue weighted by molar-refractivity contribution is 9.10. The number of nitrogens with one attached hydrogen (secondary N) is 1. The minimum Gasteiger partial charge on any atom is -0.321 e. The second kappa shape index (κ2) is 7.07. The fraction of sp³-hybridized carbons (Fsp3) is 0.417. The highest BCUT2D eigenvalue weighted by Crippen LogP contribution is 2.51. The zero-order valence-corrected chi connectivity index (χ0v) is 13.7. The van der Waals surface area contributed by atoms with Crippen LogP contribution in [0.5, 0.6) is 0 Å². The highest BCUT2D eigenvalue weighted by atomic mass is 79.9. The molecule has 154 valence electrons. The van der Waals surface area contributed by atoms with E-state index in [0.29, 0.717) is 0 Å². The third-order valence-electron chi connectivity index (χ3n) is 2.73. The SMILES string of the molecule is O=C(Nc1cccc(Br)c1)[C@@](F)(OC(F)(F)C(F)(F)C(F)(F)F)C(F)(F)F. The fourth-order valence-electron chi connectivity index (χ4n) is 1.42. The van der Waals surface area contributed by atoms with Gasteiger partial charge in [-0.3, -0.25) is 9.53 Å². The van der Waals surface area contributed by atoms with E-state index in [2.05, 4.69) is 20.7 Å². The molecule has 0 heterocycles. The van der Waals surface area contributed by atoms with Crippen LogP contribution in [-0.4, -0.2) is 36.1 Å². The molecule has 0 saturated carbocycles. The van der Waals surface area contributed by atoms with Crippen molar-refractivity contribution in [1.82, 2.24) is 0 Å². The Bertz CT molecular complexity index is 703. The Labute approximate surface area is 150 Å². The van der Waals surface area contributed by atoms with Crippen molar-refractivity contribution in [3.63, 3.8) is 0 Å². The molecule has 0 aliphatic rings. The minimum absolute atomic E-state index is 0.103. The van der Waals surface area contributed by atoms with Crippen LogP contribution in [0.3, 0.4) is 0 Å². The lowest BCUT2D eigenvalue weighted by Crippen LogP contribution is -2.62. The number of anilines is 1. The van der Waals surface area contributed by atoms with Gasteiger partial charge in [-0.25, -0.2) is 0 Å². The quantitative estimate of drug-likeness (QED) is 0.568. The normalized spacial score (nSPS) is 16.0. The van der Waals surface area contributed by atoms with Crippen molar-refractivity contribution in [2.45, 2.75) is 30.2 Å². The van der Waals surface area contributed by atoms with Crippen molar-refractivity contribution in [1.29, 1.82) is 0 Å². The molecule has 0 bridgehead atoms. The summed E-state index contributed by atoms with van der Waals surface area (Å²) < 4.78 is 142. The van der Waals surface area contributed by atoms with E-state index in [1.54, 1.807) is 0 Å². The van der Waals surface area contributed by atoms with E-state index >= 15 is 0 Å². The molecule has 1 amide bonds. The smallest absolute Gasteiger partial charge is 0.321 e. The van der Waals surface area contributed by atoms with Crippen LogP contribution in [0.15, 0.2) is 28.7 Å². The van der Waals surface area contributed by atoms with Crippen LogP contribution in [-0.2, 0) is 9.53 Å². The molecular weight excluding hydrogens is 479 g/mol. The van der Waals surface area contributed by atoms with Crippen molar-refractivity contribution in [3.8, 4) is 0 Å². The average molecular weight is 484 g/mol. The van der Waals surface area contributed by atoms with E-state index in [9.17, 15) is 53.1 Å². The van der Waals surface area contributed by atoms with E-state index in [1.165, 1.54) is 6.07 Å². The molecule has 27 heavy (non-hydrogen) atoms. The number of amides is 1. The average Bonchev–Trinajstić information content (AvgIpc) is 2.44. The maximum Gasteiger partial charge on any atom is 0.462 e. The Hall–Kier alpha value is -1.64. The molecule has 15 heteroatoms. The first-order chi connectivity index (χ1) is 11.8. The van der Waals surface area contributed by atoms with Crippen LogP contribution in [0.1, 0.15) is 0 Å².